The lowest BCUT2D eigenvalue weighted by molar-refractivity contribution is -0.121. The lowest BCUT2D eigenvalue weighted by Gasteiger charge is -2.32. The third kappa shape index (κ3) is 3.68. The first-order valence-corrected chi connectivity index (χ1v) is 9.94. The summed E-state index contributed by atoms with van der Waals surface area (Å²) in [4.78, 5) is 14.5. The van der Waals surface area contributed by atoms with Crippen molar-refractivity contribution >= 4 is 21.4 Å². The van der Waals surface area contributed by atoms with Crippen molar-refractivity contribution in [3.8, 4) is 0 Å². The van der Waals surface area contributed by atoms with Gasteiger partial charge >= 0.3 is 0 Å². The van der Waals surface area contributed by atoms with Crippen LogP contribution in [0.5, 0.6) is 0 Å². The summed E-state index contributed by atoms with van der Waals surface area (Å²) in [5.74, 6) is 0.106. The third-order valence-electron chi connectivity index (χ3n) is 4.73. The zero-order valence-electron chi connectivity index (χ0n) is 13.8. The van der Waals surface area contributed by atoms with E-state index < -0.39 is 15.4 Å². The van der Waals surface area contributed by atoms with Gasteiger partial charge in [-0.15, -0.1) is 0 Å². The van der Waals surface area contributed by atoms with Crippen molar-refractivity contribution in [2.24, 2.45) is 0 Å². The molecule has 0 unspecified atom stereocenters. The first kappa shape index (κ1) is 16.3. The van der Waals surface area contributed by atoms with Gasteiger partial charge in [0.15, 0.2) is 9.84 Å². The molecule has 1 saturated heterocycles. The highest BCUT2D eigenvalue weighted by Gasteiger charge is 2.39. The van der Waals surface area contributed by atoms with Crippen molar-refractivity contribution in [3.63, 3.8) is 0 Å². The minimum absolute atomic E-state index is 0.0432. The summed E-state index contributed by atoms with van der Waals surface area (Å²) in [5.41, 5.74) is 3.03. The lowest BCUT2D eigenvalue weighted by atomic mass is 9.99. The topological polar surface area (TPSA) is 66.5 Å². The number of nitrogens with zero attached hydrogens (tertiary/aromatic N) is 1. The molecule has 1 fully saturated rings. The Balaban J connectivity index is 1.68. The highest BCUT2D eigenvalue weighted by atomic mass is 32.2. The second kappa shape index (κ2) is 5.82. The summed E-state index contributed by atoms with van der Waals surface area (Å²) in [5, 5.41) is 2.94. The SMILES string of the molecule is Cc1ccc2c(c1)CCCN2CC(=O)N[C@@]1(C)CCS(=O)(=O)C1. The number of hydrogen-bond acceptors (Lipinski definition) is 4. The summed E-state index contributed by atoms with van der Waals surface area (Å²) < 4.78 is 23.3. The van der Waals surface area contributed by atoms with Gasteiger partial charge in [0.1, 0.15) is 0 Å². The van der Waals surface area contributed by atoms with Gasteiger partial charge < -0.3 is 10.2 Å². The van der Waals surface area contributed by atoms with E-state index in [9.17, 15) is 13.2 Å². The van der Waals surface area contributed by atoms with Crippen LogP contribution in [0.2, 0.25) is 0 Å². The number of anilines is 1. The molecule has 126 valence electrons. The van der Waals surface area contributed by atoms with Crippen LogP contribution in [0.1, 0.15) is 30.9 Å². The molecular weight excluding hydrogens is 312 g/mol. The fourth-order valence-corrected chi connectivity index (χ4v) is 5.72. The van der Waals surface area contributed by atoms with Gasteiger partial charge in [-0.3, -0.25) is 4.79 Å². The largest absolute Gasteiger partial charge is 0.362 e. The molecule has 1 aromatic rings. The van der Waals surface area contributed by atoms with E-state index in [1.807, 2.05) is 6.92 Å². The molecule has 1 aromatic carbocycles. The molecule has 0 aliphatic carbocycles. The molecule has 2 aliphatic heterocycles. The molecule has 1 amide bonds. The van der Waals surface area contributed by atoms with Crippen LogP contribution in [0.4, 0.5) is 5.69 Å². The van der Waals surface area contributed by atoms with Gasteiger partial charge in [-0.25, -0.2) is 8.42 Å². The third-order valence-corrected chi connectivity index (χ3v) is 6.63. The van der Waals surface area contributed by atoms with Crippen LogP contribution in [0, 0.1) is 6.92 Å². The molecule has 0 radical (unpaired) electrons. The number of carbonyl (C=O) groups excluding carboxylic acids is 1. The van der Waals surface area contributed by atoms with E-state index in [2.05, 4.69) is 35.3 Å². The average Bonchev–Trinajstić information content (AvgIpc) is 2.72. The first-order chi connectivity index (χ1) is 10.8. The summed E-state index contributed by atoms with van der Waals surface area (Å²) in [6, 6.07) is 6.34. The summed E-state index contributed by atoms with van der Waals surface area (Å²) in [6.45, 7) is 5.04. The van der Waals surface area contributed by atoms with E-state index in [1.165, 1.54) is 11.1 Å². The van der Waals surface area contributed by atoms with Gasteiger partial charge in [0, 0.05) is 12.2 Å². The van der Waals surface area contributed by atoms with E-state index >= 15 is 0 Å². The number of fused-ring (bicyclic) bond motifs is 1. The van der Waals surface area contributed by atoms with Crippen LogP contribution in [-0.4, -0.2) is 44.5 Å². The van der Waals surface area contributed by atoms with Crippen molar-refractivity contribution in [2.75, 3.05) is 29.5 Å². The second-order valence-electron chi connectivity index (χ2n) is 7.11. The Morgan fingerprint density at radius 3 is 2.87 bits per heavy atom. The van der Waals surface area contributed by atoms with E-state index in [1.54, 1.807) is 0 Å². The van der Waals surface area contributed by atoms with Gasteiger partial charge in [-0.2, -0.15) is 0 Å². The zero-order chi connectivity index (χ0) is 16.7. The quantitative estimate of drug-likeness (QED) is 0.907. The van der Waals surface area contributed by atoms with Crippen molar-refractivity contribution in [3.05, 3.63) is 29.3 Å². The van der Waals surface area contributed by atoms with Crippen LogP contribution < -0.4 is 10.2 Å². The summed E-state index contributed by atoms with van der Waals surface area (Å²) in [7, 11) is -3.01. The fraction of sp³-hybridized carbons (Fsp3) is 0.588. The van der Waals surface area contributed by atoms with E-state index in [4.69, 9.17) is 0 Å². The molecule has 0 aromatic heterocycles. The van der Waals surface area contributed by atoms with Crippen molar-refractivity contribution in [1.29, 1.82) is 0 Å². The lowest BCUT2D eigenvalue weighted by Crippen LogP contribution is -2.51. The normalized spacial score (nSPS) is 25.9. The molecule has 23 heavy (non-hydrogen) atoms. The minimum Gasteiger partial charge on any atom is -0.362 e. The predicted octanol–water partition coefficient (Wildman–Crippen LogP) is 1.44. The number of nitrogens with one attached hydrogen (secondary N) is 1. The number of benzene rings is 1. The second-order valence-corrected chi connectivity index (χ2v) is 9.29. The number of sulfone groups is 1. The maximum absolute atomic E-state index is 12.4. The predicted molar refractivity (Wildman–Crippen MR) is 91.5 cm³/mol. The Morgan fingerprint density at radius 2 is 2.17 bits per heavy atom. The van der Waals surface area contributed by atoms with Gasteiger partial charge in [0.25, 0.3) is 0 Å². The fourth-order valence-electron chi connectivity index (χ4n) is 3.63. The molecule has 1 atom stereocenters. The maximum Gasteiger partial charge on any atom is 0.239 e. The zero-order valence-corrected chi connectivity index (χ0v) is 14.6. The molecule has 5 nitrogen and oxygen atoms in total. The van der Waals surface area contributed by atoms with Crippen LogP contribution in [0.15, 0.2) is 18.2 Å². The van der Waals surface area contributed by atoms with Crippen LogP contribution in [0.3, 0.4) is 0 Å². The smallest absolute Gasteiger partial charge is 0.239 e. The Kier molecular flexibility index (Phi) is 4.12. The highest BCUT2D eigenvalue weighted by Crippen LogP contribution is 2.28. The molecule has 3 rings (SSSR count). The monoisotopic (exact) mass is 336 g/mol. The molecule has 1 N–H and O–H groups in total. The van der Waals surface area contributed by atoms with Crippen LogP contribution in [0.25, 0.3) is 0 Å². The molecule has 2 heterocycles. The van der Waals surface area contributed by atoms with Gasteiger partial charge in [-0.05, 0) is 44.7 Å². The van der Waals surface area contributed by atoms with E-state index in [0.29, 0.717) is 6.42 Å². The molecule has 0 saturated carbocycles. The van der Waals surface area contributed by atoms with Crippen molar-refractivity contribution in [1.82, 2.24) is 5.32 Å². The standard InChI is InChI=1S/C17H24N2O3S/c1-13-5-6-15-14(10-13)4-3-8-19(15)11-16(20)18-17(2)7-9-23(21,22)12-17/h5-6,10H,3-4,7-9,11-12H2,1-2H3,(H,18,20)/t17-/m0/s1. The van der Waals surface area contributed by atoms with Gasteiger partial charge in [-0.1, -0.05) is 17.7 Å². The number of aryl methyl sites for hydroxylation is 2. The van der Waals surface area contributed by atoms with Crippen molar-refractivity contribution < 1.29 is 13.2 Å². The Morgan fingerprint density at radius 1 is 1.39 bits per heavy atom. The average molecular weight is 336 g/mol. The Bertz CT molecular complexity index is 729. The number of rotatable bonds is 3. The molecule has 6 heteroatoms. The molecule has 0 spiro atoms. The maximum atomic E-state index is 12.4. The number of carbonyl (C=O) groups is 1. The highest BCUT2D eigenvalue weighted by molar-refractivity contribution is 7.91. The minimum atomic E-state index is -3.01. The van der Waals surface area contributed by atoms with Crippen molar-refractivity contribution in [2.45, 2.75) is 38.6 Å². The molecular formula is C17H24N2O3S. The number of amides is 1. The van der Waals surface area contributed by atoms with Crippen LogP contribution in [-0.2, 0) is 21.1 Å². The molecule has 0 bridgehead atoms. The molecule has 2 aliphatic rings. The summed E-state index contributed by atoms with van der Waals surface area (Å²) in [6.07, 6.45) is 2.58. The number of hydrogen-bond donors (Lipinski definition) is 1. The Labute approximate surface area is 138 Å². The van der Waals surface area contributed by atoms with Gasteiger partial charge in [0.2, 0.25) is 5.91 Å². The first-order valence-electron chi connectivity index (χ1n) is 8.12. The van der Waals surface area contributed by atoms with E-state index in [-0.39, 0.29) is 24.0 Å². The Hall–Kier alpha value is -1.56. The summed E-state index contributed by atoms with van der Waals surface area (Å²) >= 11 is 0. The van der Waals surface area contributed by atoms with Gasteiger partial charge in [0.05, 0.1) is 23.6 Å². The van der Waals surface area contributed by atoms with E-state index in [0.717, 1.165) is 25.1 Å². The van der Waals surface area contributed by atoms with Crippen LogP contribution >= 0.6 is 0 Å².